The van der Waals surface area contributed by atoms with E-state index in [0.717, 1.165) is 18.7 Å². The van der Waals surface area contributed by atoms with Crippen LogP contribution in [-0.2, 0) is 11.2 Å². The van der Waals surface area contributed by atoms with Crippen LogP contribution in [0.4, 0.5) is 0 Å². The molecule has 1 unspecified atom stereocenters. The zero-order chi connectivity index (χ0) is 13.5. The fraction of sp³-hybridized carbons (Fsp3) is 0.714. The second-order valence-corrected chi connectivity index (χ2v) is 5.27. The van der Waals surface area contributed by atoms with Gasteiger partial charge in [-0.2, -0.15) is 0 Å². The van der Waals surface area contributed by atoms with Gasteiger partial charge < -0.3 is 15.2 Å². The van der Waals surface area contributed by atoms with E-state index in [0.29, 0.717) is 19.0 Å². The number of hydrogen-bond donors (Lipinski definition) is 2. The molecule has 0 aromatic carbocycles. The Kier molecular flexibility index (Phi) is 5.39. The molecular weight excluding hydrogens is 240 g/mol. The van der Waals surface area contributed by atoms with E-state index in [-0.39, 0.29) is 5.91 Å². The van der Waals surface area contributed by atoms with Gasteiger partial charge in [0.25, 0.3) is 0 Å². The molecule has 5 heteroatoms. The number of imidazole rings is 1. The molecule has 1 saturated heterocycles. The lowest BCUT2D eigenvalue weighted by molar-refractivity contribution is -0.121. The van der Waals surface area contributed by atoms with Crippen molar-refractivity contribution >= 4 is 5.91 Å². The average molecular weight is 264 g/mol. The van der Waals surface area contributed by atoms with Crippen molar-refractivity contribution in [2.24, 2.45) is 0 Å². The van der Waals surface area contributed by atoms with Gasteiger partial charge in [0.2, 0.25) is 5.91 Å². The summed E-state index contributed by atoms with van der Waals surface area (Å²) in [6, 6.07) is 0.526. The van der Waals surface area contributed by atoms with Crippen molar-refractivity contribution in [2.75, 3.05) is 19.6 Å². The summed E-state index contributed by atoms with van der Waals surface area (Å²) < 4.78 is 0. The first kappa shape index (κ1) is 14.1. The molecule has 1 aliphatic rings. The van der Waals surface area contributed by atoms with Crippen molar-refractivity contribution in [3.05, 3.63) is 18.2 Å². The van der Waals surface area contributed by atoms with E-state index in [2.05, 4.69) is 27.1 Å². The van der Waals surface area contributed by atoms with E-state index < -0.39 is 0 Å². The predicted molar refractivity (Wildman–Crippen MR) is 74.8 cm³/mol. The van der Waals surface area contributed by atoms with Crippen LogP contribution in [-0.4, -0.2) is 46.5 Å². The highest BCUT2D eigenvalue weighted by atomic mass is 16.1. The molecule has 0 radical (unpaired) electrons. The first-order chi connectivity index (χ1) is 9.25. The second kappa shape index (κ2) is 7.28. The van der Waals surface area contributed by atoms with Crippen molar-refractivity contribution in [3.63, 3.8) is 0 Å². The van der Waals surface area contributed by atoms with E-state index in [4.69, 9.17) is 0 Å². The largest absolute Gasteiger partial charge is 0.356 e. The van der Waals surface area contributed by atoms with Gasteiger partial charge in [0.1, 0.15) is 5.82 Å². The first-order valence-corrected chi connectivity index (χ1v) is 7.24. The molecule has 1 aliphatic heterocycles. The number of hydrogen-bond acceptors (Lipinski definition) is 3. The average Bonchev–Trinajstić information content (AvgIpc) is 3.08. The van der Waals surface area contributed by atoms with Crippen LogP contribution in [0.15, 0.2) is 12.4 Å². The Morgan fingerprint density at radius 1 is 1.53 bits per heavy atom. The molecule has 2 heterocycles. The fourth-order valence-corrected chi connectivity index (χ4v) is 2.55. The Bertz CT molecular complexity index is 371. The minimum atomic E-state index is 0.151. The van der Waals surface area contributed by atoms with Gasteiger partial charge >= 0.3 is 0 Å². The van der Waals surface area contributed by atoms with Gasteiger partial charge in [0.05, 0.1) is 0 Å². The fourth-order valence-electron chi connectivity index (χ4n) is 2.55. The summed E-state index contributed by atoms with van der Waals surface area (Å²) in [5.74, 6) is 1.07. The van der Waals surface area contributed by atoms with Crippen LogP contribution in [0.1, 0.15) is 38.4 Å². The second-order valence-electron chi connectivity index (χ2n) is 5.27. The normalized spacial score (nSPS) is 17.5. The van der Waals surface area contributed by atoms with Gasteiger partial charge in [-0.05, 0) is 39.3 Å². The minimum absolute atomic E-state index is 0.151. The standard InChI is InChI=1S/C14H24N4O/c1-12(18-10-2-3-11-18)4-5-14(19)17-7-6-13-15-8-9-16-13/h8-9,12H,2-7,10-11H2,1H3,(H,15,16)(H,17,19). The van der Waals surface area contributed by atoms with Crippen LogP contribution in [0.2, 0.25) is 0 Å². The molecule has 1 aromatic heterocycles. The molecule has 0 saturated carbocycles. The number of aromatic amines is 1. The molecule has 106 valence electrons. The third-order valence-corrected chi connectivity index (χ3v) is 3.79. The molecular formula is C14H24N4O. The maximum Gasteiger partial charge on any atom is 0.220 e. The van der Waals surface area contributed by atoms with Crippen molar-refractivity contribution in [3.8, 4) is 0 Å². The Balaban J connectivity index is 1.56. The lowest BCUT2D eigenvalue weighted by atomic mass is 10.1. The molecule has 1 aromatic rings. The number of H-pyrrole nitrogens is 1. The quantitative estimate of drug-likeness (QED) is 0.781. The van der Waals surface area contributed by atoms with Gasteiger partial charge in [-0.1, -0.05) is 0 Å². The highest BCUT2D eigenvalue weighted by Crippen LogP contribution is 2.14. The number of amides is 1. The smallest absolute Gasteiger partial charge is 0.220 e. The zero-order valence-electron chi connectivity index (χ0n) is 11.7. The SMILES string of the molecule is CC(CCC(=O)NCCc1ncc[nH]1)N1CCCC1. The van der Waals surface area contributed by atoms with Crippen molar-refractivity contribution in [1.29, 1.82) is 0 Å². The number of rotatable bonds is 7. The van der Waals surface area contributed by atoms with E-state index in [1.807, 2.05) is 0 Å². The predicted octanol–water partition coefficient (Wildman–Crippen LogP) is 1.33. The summed E-state index contributed by atoms with van der Waals surface area (Å²) >= 11 is 0. The van der Waals surface area contributed by atoms with E-state index in [1.165, 1.54) is 25.9 Å². The third-order valence-electron chi connectivity index (χ3n) is 3.79. The van der Waals surface area contributed by atoms with Crippen molar-refractivity contribution in [1.82, 2.24) is 20.2 Å². The Morgan fingerprint density at radius 2 is 2.32 bits per heavy atom. The van der Waals surface area contributed by atoms with Gasteiger partial charge in [0.15, 0.2) is 0 Å². The molecule has 2 N–H and O–H groups in total. The number of nitrogens with zero attached hydrogens (tertiary/aromatic N) is 2. The summed E-state index contributed by atoms with van der Waals surface area (Å²) in [5, 5.41) is 2.95. The summed E-state index contributed by atoms with van der Waals surface area (Å²) in [6.45, 7) is 5.27. The number of likely N-dealkylation sites (tertiary alicyclic amines) is 1. The van der Waals surface area contributed by atoms with E-state index in [1.54, 1.807) is 12.4 Å². The summed E-state index contributed by atoms with van der Waals surface area (Å²) in [5.41, 5.74) is 0. The highest BCUT2D eigenvalue weighted by molar-refractivity contribution is 5.75. The van der Waals surface area contributed by atoms with Crippen molar-refractivity contribution in [2.45, 2.75) is 45.1 Å². The number of carbonyl (C=O) groups excluding carboxylic acids is 1. The number of nitrogens with one attached hydrogen (secondary N) is 2. The Hall–Kier alpha value is -1.36. The van der Waals surface area contributed by atoms with Crippen LogP contribution < -0.4 is 5.32 Å². The lowest BCUT2D eigenvalue weighted by Crippen LogP contribution is -2.32. The maximum absolute atomic E-state index is 11.7. The maximum atomic E-state index is 11.7. The minimum Gasteiger partial charge on any atom is -0.356 e. The van der Waals surface area contributed by atoms with E-state index in [9.17, 15) is 4.79 Å². The lowest BCUT2D eigenvalue weighted by Gasteiger charge is -2.23. The molecule has 1 amide bonds. The van der Waals surface area contributed by atoms with E-state index >= 15 is 0 Å². The van der Waals surface area contributed by atoms with Gasteiger partial charge in [-0.25, -0.2) is 4.98 Å². The molecule has 0 aliphatic carbocycles. The molecule has 0 spiro atoms. The van der Waals surface area contributed by atoms with Crippen LogP contribution >= 0.6 is 0 Å². The topological polar surface area (TPSA) is 61.0 Å². The Labute approximate surface area is 114 Å². The number of aromatic nitrogens is 2. The highest BCUT2D eigenvalue weighted by Gasteiger charge is 2.18. The molecule has 1 atom stereocenters. The van der Waals surface area contributed by atoms with Gasteiger partial charge in [-0.3, -0.25) is 4.79 Å². The van der Waals surface area contributed by atoms with Crippen molar-refractivity contribution < 1.29 is 4.79 Å². The molecule has 5 nitrogen and oxygen atoms in total. The summed E-state index contributed by atoms with van der Waals surface area (Å²) in [6.07, 6.45) is 8.48. The monoisotopic (exact) mass is 264 g/mol. The van der Waals surface area contributed by atoms with Gasteiger partial charge in [-0.15, -0.1) is 0 Å². The van der Waals surface area contributed by atoms with Crippen LogP contribution in [0, 0.1) is 0 Å². The summed E-state index contributed by atoms with van der Waals surface area (Å²) in [7, 11) is 0. The van der Waals surface area contributed by atoms with Crippen LogP contribution in [0.25, 0.3) is 0 Å². The molecule has 2 rings (SSSR count). The molecule has 0 bridgehead atoms. The van der Waals surface area contributed by atoms with Gasteiger partial charge in [0, 0.05) is 37.8 Å². The number of carbonyl (C=O) groups is 1. The zero-order valence-corrected chi connectivity index (χ0v) is 11.7. The van der Waals surface area contributed by atoms with Crippen LogP contribution in [0.5, 0.6) is 0 Å². The molecule has 1 fully saturated rings. The van der Waals surface area contributed by atoms with Crippen LogP contribution in [0.3, 0.4) is 0 Å². The first-order valence-electron chi connectivity index (χ1n) is 7.24. The third kappa shape index (κ3) is 4.67. The summed E-state index contributed by atoms with van der Waals surface area (Å²) in [4.78, 5) is 21.4. The Morgan fingerprint density at radius 3 is 3.00 bits per heavy atom. The molecule has 19 heavy (non-hydrogen) atoms.